The number of carbonyl (C=O) groups excluding carboxylic acids is 1. The molecule has 0 heterocycles. The van der Waals surface area contributed by atoms with Crippen LogP contribution in [0.3, 0.4) is 0 Å². The molecule has 0 saturated heterocycles. The fraction of sp³-hybridized carbons (Fsp3) is 0.364. The molecule has 0 radical (unpaired) electrons. The van der Waals surface area contributed by atoms with Crippen molar-refractivity contribution in [2.45, 2.75) is 5.32 Å². The van der Waals surface area contributed by atoms with Gasteiger partial charge in [0.15, 0.2) is 0 Å². The van der Waals surface area contributed by atoms with E-state index in [-0.39, 0.29) is 15.0 Å². The van der Waals surface area contributed by atoms with Gasteiger partial charge in [0.05, 0.1) is 0 Å². The number of hydrogen-bond donors (Lipinski definition) is 0. The van der Waals surface area contributed by atoms with E-state index in [1.807, 2.05) is 44.4 Å². The summed E-state index contributed by atoms with van der Waals surface area (Å²) in [4.78, 5) is 13.7. The fourth-order valence-electron chi connectivity index (χ4n) is 0.978. The monoisotopic (exact) mass is 257 g/mol. The van der Waals surface area contributed by atoms with Gasteiger partial charge >= 0.3 is 91.2 Å². The molecule has 3 heteroatoms. The summed E-state index contributed by atoms with van der Waals surface area (Å²) in [5.74, 6) is 0. The van der Waals surface area contributed by atoms with Crippen molar-refractivity contribution in [3.63, 3.8) is 0 Å². The van der Waals surface area contributed by atoms with Crippen LogP contribution in [0.15, 0.2) is 30.3 Å². The molecule has 76 valence electrons. The van der Waals surface area contributed by atoms with E-state index in [0.717, 1.165) is 17.4 Å². The van der Waals surface area contributed by atoms with E-state index >= 15 is 0 Å². The topological polar surface area (TPSA) is 20.3 Å². The van der Waals surface area contributed by atoms with Crippen LogP contribution in [0, 0.1) is 0 Å². The molecule has 1 aromatic rings. The van der Waals surface area contributed by atoms with Crippen LogP contribution in [0.4, 0.5) is 0 Å². The Morgan fingerprint density at radius 1 is 1.29 bits per heavy atom. The Balaban J connectivity index is 2.36. The molecular weight excluding hydrogens is 241 g/mol. The molecule has 0 aliphatic carbocycles. The van der Waals surface area contributed by atoms with Gasteiger partial charge in [-0.15, -0.1) is 0 Å². The van der Waals surface area contributed by atoms with Crippen molar-refractivity contribution in [3.8, 4) is 0 Å². The van der Waals surface area contributed by atoms with Crippen molar-refractivity contribution < 1.29 is 4.79 Å². The molecular formula is C11H15NOSe. The molecule has 0 spiro atoms. The molecule has 14 heavy (non-hydrogen) atoms. The van der Waals surface area contributed by atoms with E-state index in [2.05, 4.69) is 4.90 Å². The quantitative estimate of drug-likeness (QED) is 0.744. The average molecular weight is 256 g/mol. The van der Waals surface area contributed by atoms with Crippen molar-refractivity contribution in [3.05, 3.63) is 35.9 Å². The van der Waals surface area contributed by atoms with Gasteiger partial charge in [0.25, 0.3) is 0 Å². The van der Waals surface area contributed by atoms with Crippen LogP contribution in [0.1, 0.15) is 10.4 Å². The maximum atomic E-state index is 11.6. The molecule has 2 nitrogen and oxygen atoms in total. The summed E-state index contributed by atoms with van der Waals surface area (Å²) in [5.41, 5.74) is 0.853. The number of hydrogen-bond acceptors (Lipinski definition) is 2. The number of rotatable bonds is 5. The summed E-state index contributed by atoms with van der Waals surface area (Å²) in [5, 5.41) is 0.994. The van der Waals surface area contributed by atoms with E-state index in [9.17, 15) is 4.79 Å². The van der Waals surface area contributed by atoms with Crippen LogP contribution in [0.5, 0.6) is 0 Å². The molecule has 0 atom stereocenters. The van der Waals surface area contributed by atoms with Crippen molar-refractivity contribution >= 4 is 19.6 Å². The molecule has 0 fully saturated rings. The zero-order valence-electron chi connectivity index (χ0n) is 8.56. The molecule has 0 aromatic heterocycles. The van der Waals surface area contributed by atoms with Crippen LogP contribution >= 0.6 is 0 Å². The van der Waals surface area contributed by atoms with Crippen LogP contribution in [0.25, 0.3) is 0 Å². The van der Waals surface area contributed by atoms with Crippen molar-refractivity contribution in [1.82, 2.24) is 4.90 Å². The zero-order chi connectivity index (χ0) is 10.4. The van der Waals surface area contributed by atoms with Gasteiger partial charge in [-0.05, 0) is 0 Å². The molecule has 0 saturated carbocycles. The molecule has 0 N–H and O–H groups in total. The maximum absolute atomic E-state index is 11.6. The van der Waals surface area contributed by atoms with Crippen LogP contribution < -0.4 is 0 Å². The van der Waals surface area contributed by atoms with Gasteiger partial charge in [-0.25, -0.2) is 0 Å². The van der Waals surface area contributed by atoms with E-state index in [1.54, 1.807) is 0 Å². The zero-order valence-corrected chi connectivity index (χ0v) is 10.3. The van der Waals surface area contributed by atoms with Gasteiger partial charge in [0.2, 0.25) is 0 Å². The number of nitrogens with zero attached hydrogens (tertiary/aromatic N) is 1. The SMILES string of the molecule is CN(C)CC[Se]C(=O)c1ccccc1. The fourth-order valence-corrected chi connectivity index (χ4v) is 2.96. The van der Waals surface area contributed by atoms with Crippen molar-refractivity contribution in [2.75, 3.05) is 20.6 Å². The first-order valence-electron chi connectivity index (χ1n) is 4.57. The Bertz CT molecular complexity index is 285. The van der Waals surface area contributed by atoms with E-state index < -0.39 is 0 Å². The van der Waals surface area contributed by atoms with Crippen molar-refractivity contribution in [1.29, 1.82) is 0 Å². The van der Waals surface area contributed by atoms with Gasteiger partial charge in [-0.2, -0.15) is 0 Å². The summed E-state index contributed by atoms with van der Waals surface area (Å²) in [7, 11) is 4.06. The van der Waals surface area contributed by atoms with Crippen LogP contribution in [0.2, 0.25) is 5.32 Å². The van der Waals surface area contributed by atoms with E-state index in [1.165, 1.54) is 0 Å². The molecule has 1 aromatic carbocycles. The third-order valence-corrected chi connectivity index (χ3v) is 3.64. The molecule has 0 bridgehead atoms. The predicted molar refractivity (Wildman–Crippen MR) is 59.9 cm³/mol. The molecule has 0 aliphatic heterocycles. The summed E-state index contributed by atoms with van der Waals surface area (Å²) in [6, 6.07) is 9.54. The molecule has 0 unspecified atom stereocenters. The minimum atomic E-state index is 0.0889. The molecule has 1 rings (SSSR count). The third kappa shape index (κ3) is 4.05. The van der Waals surface area contributed by atoms with Gasteiger partial charge in [-0.1, -0.05) is 0 Å². The second kappa shape index (κ2) is 5.97. The van der Waals surface area contributed by atoms with Crippen LogP contribution in [-0.2, 0) is 0 Å². The molecule has 0 amide bonds. The van der Waals surface area contributed by atoms with E-state index in [0.29, 0.717) is 4.68 Å². The second-order valence-corrected chi connectivity index (χ2v) is 5.55. The Morgan fingerprint density at radius 3 is 2.50 bits per heavy atom. The summed E-state index contributed by atoms with van der Waals surface area (Å²) < 4.78 is 0.306. The number of benzene rings is 1. The number of carbonyl (C=O) groups is 1. The van der Waals surface area contributed by atoms with Gasteiger partial charge in [-0.3, -0.25) is 0 Å². The standard InChI is InChI=1S/C11H15NOSe/c1-12(2)8-9-14-11(13)10-6-4-3-5-7-10/h3-7H,8-9H2,1-2H3. The van der Waals surface area contributed by atoms with Gasteiger partial charge < -0.3 is 0 Å². The van der Waals surface area contributed by atoms with E-state index in [4.69, 9.17) is 0 Å². The first kappa shape index (κ1) is 11.4. The van der Waals surface area contributed by atoms with Gasteiger partial charge in [0, 0.05) is 0 Å². The second-order valence-electron chi connectivity index (χ2n) is 3.31. The molecule has 0 aliphatic rings. The average Bonchev–Trinajstić information content (AvgIpc) is 2.18. The Kier molecular flexibility index (Phi) is 4.88. The van der Waals surface area contributed by atoms with Crippen LogP contribution in [-0.4, -0.2) is 45.2 Å². The third-order valence-electron chi connectivity index (χ3n) is 1.78. The summed E-state index contributed by atoms with van der Waals surface area (Å²) in [6.07, 6.45) is 0. The normalized spacial score (nSPS) is 10.5. The summed E-state index contributed by atoms with van der Waals surface area (Å²) in [6.45, 7) is 0.999. The first-order chi connectivity index (χ1) is 6.70. The predicted octanol–water partition coefficient (Wildman–Crippen LogP) is 1.51. The first-order valence-corrected chi connectivity index (χ1v) is 6.64. The Labute approximate surface area is 91.5 Å². The summed E-state index contributed by atoms with van der Waals surface area (Å²) >= 11 is 0.0889. The van der Waals surface area contributed by atoms with Crippen molar-refractivity contribution in [2.24, 2.45) is 0 Å². The Morgan fingerprint density at radius 2 is 1.93 bits per heavy atom. The van der Waals surface area contributed by atoms with Gasteiger partial charge in [0.1, 0.15) is 0 Å². The Hall–Kier alpha value is -0.631. The minimum absolute atomic E-state index is 0.0889.